The second-order valence-electron chi connectivity index (χ2n) is 9.62. The SMILES string of the molecule is Cc1cnc(C(OC(C)C)C(C)S(=O)(=O)Nc2nnc(-c3cnn4c3CCC4)n2-c2c(F)cccc2F)cn1. The fourth-order valence-electron chi connectivity index (χ4n) is 4.54. The molecule has 2 unspecified atom stereocenters. The van der Waals surface area contributed by atoms with Crippen LogP contribution in [-0.2, 0) is 27.7 Å². The number of para-hydroxylation sites is 1. The van der Waals surface area contributed by atoms with Crippen molar-refractivity contribution in [3.8, 4) is 17.1 Å². The normalized spacial score (nSPS) is 14.9. The Morgan fingerprint density at radius 3 is 2.46 bits per heavy atom. The molecule has 1 N–H and O–H groups in total. The maximum Gasteiger partial charge on any atom is 0.243 e. The lowest BCUT2D eigenvalue weighted by molar-refractivity contribution is 0.00394. The Kier molecular flexibility index (Phi) is 7.16. The van der Waals surface area contributed by atoms with E-state index in [2.05, 4.69) is 30.0 Å². The molecule has 11 nitrogen and oxygen atoms in total. The molecule has 39 heavy (non-hydrogen) atoms. The Morgan fingerprint density at radius 1 is 1.05 bits per heavy atom. The van der Waals surface area contributed by atoms with E-state index in [0.29, 0.717) is 29.9 Å². The summed E-state index contributed by atoms with van der Waals surface area (Å²) in [5, 5.41) is 11.3. The van der Waals surface area contributed by atoms with Crippen LogP contribution in [0.3, 0.4) is 0 Å². The molecule has 0 fully saturated rings. The zero-order valence-corrected chi connectivity index (χ0v) is 22.7. The van der Waals surface area contributed by atoms with Crippen molar-refractivity contribution in [2.75, 3.05) is 4.72 Å². The number of aromatic nitrogens is 7. The van der Waals surface area contributed by atoms with Crippen molar-refractivity contribution in [2.24, 2.45) is 0 Å². The summed E-state index contributed by atoms with van der Waals surface area (Å²) in [6.45, 7) is 7.46. The Labute approximate surface area is 224 Å². The number of hydrogen-bond donors (Lipinski definition) is 1. The van der Waals surface area contributed by atoms with Gasteiger partial charge in [0.25, 0.3) is 0 Å². The molecule has 14 heteroatoms. The molecule has 206 valence electrons. The summed E-state index contributed by atoms with van der Waals surface area (Å²) in [6.07, 6.45) is 4.74. The lowest BCUT2D eigenvalue weighted by Gasteiger charge is -2.26. The third-order valence-corrected chi connectivity index (χ3v) is 8.15. The molecule has 1 aliphatic rings. The summed E-state index contributed by atoms with van der Waals surface area (Å²) in [7, 11) is -4.27. The Morgan fingerprint density at radius 2 is 1.79 bits per heavy atom. The van der Waals surface area contributed by atoms with Crippen molar-refractivity contribution >= 4 is 16.0 Å². The zero-order valence-electron chi connectivity index (χ0n) is 21.8. The summed E-state index contributed by atoms with van der Waals surface area (Å²) in [6, 6.07) is 3.38. The standard InChI is InChI=1S/C25H28F2N8O3S/c1-14(2)38-23(20-13-28-15(3)11-29-20)16(4)39(36,37)33-25-32-31-24(17-12-30-34-10-6-9-21(17)34)35(25)22-18(26)7-5-8-19(22)27/h5,7-8,11-14,16,23H,6,9-10H2,1-4H3,(H,32,33). The fourth-order valence-corrected chi connectivity index (χ4v) is 5.64. The van der Waals surface area contributed by atoms with Crippen molar-refractivity contribution < 1.29 is 21.9 Å². The van der Waals surface area contributed by atoms with Crippen LogP contribution in [0, 0.1) is 18.6 Å². The second kappa shape index (κ2) is 10.4. The number of sulfonamides is 1. The first kappa shape index (κ1) is 26.8. The number of anilines is 1. The number of aryl methyl sites for hydroxylation is 2. The number of fused-ring (bicyclic) bond motifs is 1. The third kappa shape index (κ3) is 5.13. The molecule has 0 bridgehead atoms. The summed E-state index contributed by atoms with van der Waals surface area (Å²) in [4.78, 5) is 8.53. The van der Waals surface area contributed by atoms with Crippen LogP contribution in [-0.4, -0.2) is 54.3 Å². The van der Waals surface area contributed by atoms with Crippen molar-refractivity contribution in [1.82, 2.24) is 34.5 Å². The molecule has 0 saturated carbocycles. The number of ether oxygens (including phenoxy) is 1. The third-order valence-electron chi connectivity index (χ3n) is 6.46. The van der Waals surface area contributed by atoms with Gasteiger partial charge in [0.15, 0.2) is 5.82 Å². The van der Waals surface area contributed by atoms with Crippen molar-refractivity contribution in [2.45, 2.75) is 64.5 Å². The first-order valence-corrected chi connectivity index (χ1v) is 14.0. The van der Waals surface area contributed by atoms with E-state index >= 15 is 8.78 Å². The highest BCUT2D eigenvalue weighted by atomic mass is 32.2. The van der Waals surface area contributed by atoms with E-state index in [1.807, 2.05) is 0 Å². The highest BCUT2D eigenvalue weighted by Crippen LogP contribution is 2.34. The van der Waals surface area contributed by atoms with Gasteiger partial charge in [-0.2, -0.15) is 5.10 Å². The largest absolute Gasteiger partial charge is 0.368 e. The van der Waals surface area contributed by atoms with Gasteiger partial charge in [-0.25, -0.2) is 17.2 Å². The van der Waals surface area contributed by atoms with E-state index < -0.39 is 38.7 Å². The van der Waals surface area contributed by atoms with E-state index in [9.17, 15) is 8.42 Å². The highest BCUT2D eigenvalue weighted by molar-refractivity contribution is 7.93. The molecule has 1 aromatic carbocycles. The summed E-state index contributed by atoms with van der Waals surface area (Å²) >= 11 is 0. The van der Waals surface area contributed by atoms with Gasteiger partial charge in [-0.3, -0.25) is 23.9 Å². The summed E-state index contributed by atoms with van der Waals surface area (Å²) in [5.74, 6) is -2.14. The van der Waals surface area contributed by atoms with Gasteiger partial charge in [-0.05, 0) is 52.7 Å². The monoisotopic (exact) mass is 558 g/mol. The van der Waals surface area contributed by atoms with Gasteiger partial charge in [-0.15, -0.1) is 10.2 Å². The average molecular weight is 559 g/mol. The number of nitrogens with zero attached hydrogens (tertiary/aromatic N) is 7. The first-order valence-electron chi connectivity index (χ1n) is 12.5. The number of rotatable bonds is 9. The number of nitrogens with one attached hydrogen (secondary N) is 1. The topological polar surface area (TPSA) is 130 Å². The van der Waals surface area contributed by atoms with Crippen molar-refractivity contribution in [1.29, 1.82) is 0 Å². The van der Waals surface area contributed by atoms with E-state index in [-0.39, 0.29) is 17.9 Å². The Bertz CT molecular complexity index is 1580. The molecular weight excluding hydrogens is 530 g/mol. The molecule has 3 aromatic heterocycles. The van der Waals surface area contributed by atoms with E-state index in [0.717, 1.165) is 28.8 Å². The van der Waals surface area contributed by atoms with Crippen molar-refractivity contribution in [3.05, 3.63) is 65.5 Å². The second-order valence-corrected chi connectivity index (χ2v) is 11.7. The maximum absolute atomic E-state index is 15.1. The molecule has 0 radical (unpaired) electrons. The van der Waals surface area contributed by atoms with Crippen LogP contribution in [0.5, 0.6) is 0 Å². The van der Waals surface area contributed by atoms with Crippen LogP contribution in [0.1, 0.15) is 50.4 Å². The molecule has 0 amide bonds. The number of halogens is 2. The lowest BCUT2D eigenvalue weighted by atomic mass is 10.2. The number of benzene rings is 1. The molecule has 5 rings (SSSR count). The smallest absolute Gasteiger partial charge is 0.243 e. The Balaban J connectivity index is 1.59. The Hall–Kier alpha value is -3.78. The molecule has 0 aliphatic carbocycles. The summed E-state index contributed by atoms with van der Waals surface area (Å²) in [5.41, 5.74) is 1.81. The highest BCUT2D eigenvalue weighted by Gasteiger charge is 2.36. The maximum atomic E-state index is 15.1. The molecule has 4 aromatic rings. The first-order chi connectivity index (χ1) is 18.6. The molecule has 0 saturated heterocycles. The zero-order chi connectivity index (χ0) is 27.9. The molecule has 2 atom stereocenters. The fraction of sp³-hybridized carbons (Fsp3) is 0.400. The molecular formula is C25H28F2N8O3S. The van der Waals surface area contributed by atoms with Gasteiger partial charge >= 0.3 is 0 Å². The van der Waals surface area contributed by atoms with Gasteiger partial charge in [0.05, 0.1) is 35.4 Å². The van der Waals surface area contributed by atoms with Gasteiger partial charge in [0, 0.05) is 18.4 Å². The average Bonchev–Trinajstić information content (AvgIpc) is 3.59. The van der Waals surface area contributed by atoms with Crippen LogP contribution in [0.25, 0.3) is 17.1 Å². The van der Waals surface area contributed by atoms with E-state index in [4.69, 9.17) is 4.74 Å². The minimum Gasteiger partial charge on any atom is -0.368 e. The van der Waals surface area contributed by atoms with Gasteiger partial charge < -0.3 is 4.74 Å². The summed E-state index contributed by atoms with van der Waals surface area (Å²) < 4.78 is 68.6. The minimum atomic E-state index is -4.27. The number of hydrogen-bond acceptors (Lipinski definition) is 8. The van der Waals surface area contributed by atoms with Crippen LogP contribution in [0.15, 0.2) is 36.8 Å². The van der Waals surface area contributed by atoms with Gasteiger partial charge in [-0.1, -0.05) is 6.07 Å². The molecule has 1 aliphatic heterocycles. The van der Waals surface area contributed by atoms with Gasteiger partial charge in [0.2, 0.25) is 16.0 Å². The molecule has 4 heterocycles. The van der Waals surface area contributed by atoms with Crippen LogP contribution < -0.4 is 4.72 Å². The van der Waals surface area contributed by atoms with E-state index in [1.54, 1.807) is 25.5 Å². The van der Waals surface area contributed by atoms with Crippen LogP contribution in [0.4, 0.5) is 14.7 Å². The predicted molar refractivity (Wildman–Crippen MR) is 139 cm³/mol. The van der Waals surface area contributed by atoms with Crippen LogP contribution in [0.2, 0.25) is 0 Å². The molecule has 0 spiro atoms. The van der Waals surface area contributed by atoms with E-state index in [1.165, 1.54) is 31.6 Å². The minimum absolute atomic E-state index is 0.0619. The predicted octanol–water partition coefficient (Wildman–Crippen LogP) is 3.75. The van der Waals surface area contributed by atoms with Gasteiger partial charge in [0.1, 0.15) is 28.7 Å². The van der Waals surface area contributed by atoms with Crippen LogP contribution >= 0.6 is 0 Å². The quantitative estimate of drug-likeness (QED) is 0.329. The van der Waals surface area contributed by atoms with Crippen molar-refractivity contribution in [3.63, 3.8) is 0 Å². The lowest BCUT2D eigenvalue weighted by Crippen LogP contribution is -2.34.